The van der Waals surface area contributed by atoms with Crippen LogP contribution < -0.4 is 0 Å². The molecule has 80 valence electrons. The molecule has 15 heavy (non-hydrogen) atoms. The molecule has 0 amide bonds. The maximum Gasteiger partial charge on any atom is 0.0999 e. The van der Waals surface area contributed by atoms with Crippen molar-refractivity contribution in [1.29, 1.82) is 5.26 Å². The molecule has 1 heterocycles. The van der Waals surface area contributed by atoms with Crippen molar-refractivity contribution >= 4 is 0 Å². The number of nitrogens with zero attached hydrogens (tertiary/aromatic N) is 4. The van der Waals surface area contributed by atoms with E-state index in [9.17, 15) is 0 Å². The normalized spacial score (nSPS) is 16.8. The van der Waals surface area contributed by atoms with Gasteiger partial charge in [-0.25, -0.2) is 4.68 Å². The van der Waals surface area contributed by atoms with Crippen LogP contribution >= 0.6 is 0 Å². The van der Waals surface area contributed by atoms with Gasteiger partial charge in [0.2, 0.25) is 0 Å². The molecule has 1 fully saturated rings. The van der Waals surface area contributed by atoms with Crippen molar-refractivity contribution in [2.24, 2.45) is 0 Å². The Morgan fingerprint density at radius 3 is 2.80 bits per heavy atom. The highest BCUT2D eigenvalue weighted by Crippen LogP contribution is 2.30. The minimum Gasteiger partial charge on any atom is -0.246 e. The molecule has 0 radical (unpaired) electrons. The van der Waals surface area contributed by atoms with E-state index >= 15 is 0 Å². The molecular formula is C11H16N4. The van der Waals surface area contributed by atoms with E-state index in [1.54, 1.807) is 0 Å². The Labute approximate surface area is 89.9 Å². The summed E-state index contributed by atoms with van der Waals surface area (Å²) in [5.41, 5.74) is 2.02. The third-order valence-electron chi connectivity index (χ3n) is 3.12. The molecule has 1 saturated carbocycles. The van der Waals surface area contributed by atoms with Crippen LogP contribution in [0.15, 0.2) is 0 Å². The van der Waals surface area contributed by atoms with E-state index in [1.165, 1.54) is 25.7 Å². The Morgan fingerprint density at radius 2 is 2.20 bits per heavy atom. The average molecular weight is 204 g/mol. The summed E-state index contributed by atoms with van der Waals surface area (Å²) >= 11 is 0. The fourth-order valence-corrected chi connectivity index (χ4v) is 2.37. The lowest BCUT2D eigenvalue weighted by molar-refractivity contribution is 0.439. The van der Waals surface area contributed by atoms with Crippen LogP contribution in [0.4, 0.5) is 0 Å². The van der Waals surface area contributed by atoms with E-state index in [-0.39, 0.29) is 0 Å². The summed E-state index contributed by atoms with van der Waals surface area (Å²) in [7, 11) is 0. The quantitative estimate of drug-likeness (QED) is 0.756. The second-order valence-electron chi connectivity index (χ2n) is 4.05. The largest absolute Gasteiger partial charge is 0.246 e. The van der Waals surface area contributed by atoms with Crippen molar-refractivity contribution in [3.63, 3.8) is 0 Å². The van der Waals surface area contributed by atoms with Gasteiger partial charge in [-0.2, -0.15) is 5.26 Å². The van der Waals surface area contributed by atoms with Crippen LogP contribution in [-0.2, 0) is 12.8 Å². The fourth-order valence-electron chi connectivity index (χ4n) is 2.37. The molecule has 0 unspecified atom stereocenters. The van der Waals surface area contributed by atoms with Crippen LogP contribution in [0, 0.1) is 11.3 Å². The van der Waals surface area contributed by atoms with Crippen LogP contribution in [0.3, 0.4) is 0 Å². The third kappa shape index (κ3) is 1.87. The molecule has 0 atom stereocenters. The average Bonchev–Trinajstić information content (AvgIpc) is 2.85. The van der Waals surface area contributed by atoms with Crippen molar-refractivity contribution in [3.8, 4) is 6.07 Å². The van der Waals surface area contributed by atoms with Crippen molar-refractivity contribution in [3.05, 3.63) is 11.4 Å². The van der Waals surface area contributed by atoms with Crippen molar-refractivity contribution < 1.29 is 0 Å². The summed E-state index contributed by atoms with van der Waals surface area (Å²) in [4.78, 5) is 0. The molecule has 0 N–H and O–H groups in total. The maximum atomic E-state index is 8.69. The van der Waals surface area contributed by atoms with Gasteiger partial charge in [0.15, 0.2) is 0 Å². The predicted octanol–water partition coefficient (Wildman–Crippen LogP) is 2.02. The number of hydrogen-bond donors (Lipinski definition) is 0. The molecule has 1 aromatic rings. The molecule has 1 aliphatic rings. The highest BCUT2D eigenvalue weighted by molar-refractivity contribution is 5.15. The smallest absolute Gasteiger partial charge is 0.0999 e. The molecule has 0 aromatic carbocycles. The predicted molar refractivity (Wildman–Crippen MR) is 56.2 cm³/mol. The Bertz CT molecular complexity index is 368. The zero-order chi connectivity index (χ0) is 10.7. The van der Waals surface area contributed by atoms with Crippen molar-refractivity contribution in [2.75, 3.05) is 0 Å². The van der Waals surface area contributed by atoms with Crippen LogP contribution in [0.1, 0.15) is 50.0 Å². The summed E-state index contributed by atoms with van der Waals surface area (Å²) in [5, 5.41) is 17.0. The number of rotatable bonds is 3. The van der Waals surface area contributed by atoms with Gasteiger partial charge in [0.1, 0.15) is 0 Å². The molecule has 4 heteroatoms. The number of hydrogen-bond acceptors (Lipinski definition) is 3. The highest BCUT2D eigenvalue weighted by Gasteiger charge is 2.22. The van der Waals surface area contributed by atoms with E-state index in [0.717, 1.165) is 17.8 Å². The molecule has 0 spiro atoms. The summed E-state index contributed by atoms with van der Waals surface area (Å²) in [6.45, 7) is 2.10. The minimum atomic E-state index is 0.385. The van der Waals surface area contributed by atoms with Gasteiger partial charge in [-0.3, -0.25) is 0 Å². The lowest BCUT2D eigenvalue weighted by Crippen LogP contribution is -2.10. The van der Waals surface area contributed by atoms with Gasteiger partial charge in [-0.05, 0) is 19.3 Å². The summed E-state index contributed by atoms with van der Waals surface area (Å²) in [5.74, 6) is 0. The minimum absolute atomic E-state index is 0.385. The van der Waals surface area contributed by atoms with E-state index in [2.05, 4.69) is 28.0 Å². The first kappa shape index (κ1) is 10.2. The molecule has 1 aromatic heterocycles. The molecule has 0 saturated heterocycles. The second kappa shape index (κ2) is 4.43. The Balaban J connectivity index is 2.27. The van der Waals surface area contributed by atoms with Crippen molar-refractivity contribution in [1.82, 2.24) is 15.0 Å². The van der Waals surface area contributed by atoms with Gasteiger partial charge in [0, 0.05) is 0 Å². The molecule has 2 rings (SSSR count). The first-order chi connectivity index (χ1) is 7.36. The van der Waals surface area contributed by atoms with Gasteiger partial charge in [-0.15, -0.1) is 5.10 Å². The lowest BCUT2D eigenvalue weighted by Gasteiger charge is -2.12. The van der Waals surface area contributed by atoms with E-state index < -0.39 is 0 Å². The molecular weight excluding hydrogens is 188 g/mol. The maximum absolute atomic E-state index is 8.69. The van der Waals surface area contributed by atoms with Gasteiger partial charge >= 0.3 is 0 Å². The van der Waals surface area contributed by atoms with Gasteiger partial charge < -0.3 is 0 Å². The fraction of sp³-hybridized carbons (Fsp3) is 0.727. The summed E-state index contributed by atoms with van der Waals surface area (Å²) in [6, 6.07) is 2.67. The number of aromatic nitrogens is 3. The van der Waals surface area contributed by atoms with E-state index in [4.69, 9.17) is 5.26 Å². The SMILES string of the molecule is CCc1c(CC#N)nnn1C1CCCC1. The van der Waals surface area contributed by atoms with Crippen LogP contribution in [0.25, 0.3) is 0 Å². The summed E-state index contributed by atoms with van der Waals surface area (Å²) < 4.78 is 2.06. The van der Waals surface area contributed by atoms with E-state index in [1.807, 2.05) is 0 Å². The Kier molecular flexibility index (Phi) is 3.00. The van der Waals surface area contributed by atoms with Gasteiger partial charge in [-0.1, -0.05) is 25.0 Å². The standard InChI is InChI=1S/C11H16N4/c1-2-11-10(7-8-12)13-14-15(11)9-5-3-4-6-9/h9H,2-7H2,1H3. The first-order valence-corrected chi connectivity index (χ1v) is 5.66. The first-order valence-electron chi connectivity index (χ1n) is 5.66. The zero-order valence-electron chi connectivity index (χ0n) is 9.11. The Morgan fingerprint density at radius 1 is 1.47 bits per heavy atom. The molecule has 4 nitrogen and oxygen atoms in total. The summed E-state index contributed by atoms with van der Waals surface area (Å²) in [6.07, 6.45) is 6.31. The second-order valence-corrected chi connectivity index (χ2v) is 4.05. The molecule has 0 bridgehead atoms. The Hall–Kier alpha value is -1.37. The zero-order valence-corrected chi connectivity index (χ0v) is 9.11. The van der Waals surface area contributed by atoms with Crippen LogP contribution in [-0.4, -0.2) is 15.0 Å². The van der Waals surface area contributed by atoms with Gasteiger partial charge in [0.05, 0.1) is 29.9 Å². The monoisotopic (exact) mass is 204 g/mol. The van der Waals surface area contributed by atoms with E-state index in [0.29, 0.717) is 12.5 Å². The van der Waals surface area contributed by atoms with Crippen molar-refractivity contribution in [2.45, 2.75) is 51.5 Å². The molecule has 1 aliphatic carbocycles. The topological polar surface area (TPSA) is 54.5 Å². The third-order valence-corrected chi connectivity index (χ3v) is 3.12. The lowest BCUT2D eigenvalue weighted by atomic mass is 10.2. The van der Waals surface area contributed by atoms with Crippen LogP contribution in [0.2, 0.25) is 0 Å². The van der Waals surface area contributed by atoms with Crippen LogP contribution in [0.5, 0.6) is 0 Å². The molecule has 0 aliphatic heterocycles. The highest BCUT2D eigenvalue weighted by atomic mass is 15.4. The van der Waals surface area contributed by atoms with Gasteiger partial charge in [0.25, 0.3) is 0 Å². The number of nitriles is 1.